The molecule has 4 heteroatoms. The molecule has 0 radical (unpaired) electrons. The van der Waals surface area contributed by atoms with Gasteiger partial charge in [0.15, 0.2) is 4.77 Å². The van der Waals surface area contributed by atoms with Crippen molar-refractivity contribution in [2.24, 2.45) is 0 Å². The lowest BCUT2D eigenvalue weighted by Crippen LogP contribution is -1.90. The number of nitrogens with one attached hydrogen (secondary N) is 2. The summed E-state index contributed by atoms with van der Waals surface area (Å²) in [6.07, 6.45) is 0. The molecule has 1 aromatic heterocycles. The molecule has 3 nitrogen and oxygen atoms in total. The minimum atomic E-state index is 0.635. The van der Waals surface area contributed by atoms with Gasteiger partial charge in [-0.05, 0) is 38.2 Å². The number of aromatic amines is 2. The zero-order valence-corrected chi connectivity index (χ0v) is 10.4. The summed E-state index contributed by atoms with van der Waals surface area (Å²) < 4.78 is 5.99. The molecule has 0 aliphatic carbocycles. The number of H-pyrrole nitrogens is 2. The number of ether oxygens (including phenoxy) is 1. The van der Waals surface area contributed by atoms with Gasteiger partial charge in [0, 0.05) is 11.3 Å². The van der Waals surface area contributed by atoms with Crippen LogP contribution in [0.1, 0.15) is 11.3 Å². The molecular formula is C12H14N2OS. The first-order valence-electron chi connectivity index (χ1n) is 5.05. The van der Waals surface area contributed by atoms with Crippen LogP contribution >= 0.6 is 12.2 Å². The Bertz CT molecular complexity index is 569. The number of rotatable bonds is 2. The van der Waals surface area contributed by atoms with Crippen LogP contribution in [-0.4, -0.2) is 17.1 Å². The third-order valence-electron chi connectivity index (χ3n) is 2.54. The van der Waals surface area contributed by atoms with Gasteiger partial charge in [-0.1, -0.05) is 11.6 Å². The molecule has 0 amide bonds. The summed E-state index contributed by atoms with van der Waals surface area (Å²) in [6, 6.07) is 6.08. The van der Waals surface area contributed by atoms with Crippen molar-refractivity contribution in [1.29, 1.82) is 0 Å². The van der Waals surface area contributed by atoms with Crippen LogP contribution in [0.25, 0.3) is 11.3 Å². The number of aromatic nitrogens is 2. The van der Waals surface area contributed by atoms with E-state index in [1.807, 2.05) is 19.1 Å². The molecule has 1 aromatic carbocycles. The van der Waals surface area contributed by atoms with E-state index in [0.717, 1.165) is 22.7 Å². The van der Waals surface area contributed by atoms with Crippen molar-refractivity contribution in [3.63, 3.8) is 0 Å². The Hall–Kier alpha value is -1.55. The molecule has 0 aliphatic rings. The molecular weight excluding hydrogens is 220 g/mol. The molecule has 0 saturated heterocycles. The van der Waals surface area contributed by atoms with Gasteiger partial charge in [0.1, 0.15) is 5.75 Å². The first-order chi connectivity index (χ1) is 7.61. The highest BCUT2D eigenvalue weighted by Gasteiger charge is 2.10. The second kappa shape index (κ2) is 4.14. The Balaban J connectivity index is 2.67. The first kappa shape index (κ1) is 11.0. The van der Waals surface area contributed by atoms with E-state index in [9.17, 15) is 0 Å². The Morgan fingerprint density at radius 3 is 2.50 bits per heavy atom. The van der Waals surface area contributed by atoms with E-state index in [-0.39, 0.29) is 0 Å². The Labute approximate surface area is 99.5 Å². The van der Waals surface area contributed by atoms with Crippen LogP contribution in [0.15, 0.2) is 18.2 Å². The molecule has 2 N–H and O–H groups in total. The van der Waals surface area contributed by atoms with Crippen LogP contribution in [0.5, 0.6) is 5.75 Å². The molecule has 0 fully saturated rings. The molecule has 0 aliphatic heterocycles. The molecule has 0 spiro atoms. The quantitative estimate of drug-likeness (QED) is 0.782. The van der Waals surface area contributed by atoms with Crippen molar-refractivity contribution < 1.29 is 4.74 Å². The average molecular weight is 234 g/mol. The molecule has 0 unspecified atom stereocenters. The maximum absolute atomic E-state index is 5.35. The molecule has 0 atom stereocenters. The van der Waals surface area contributed by atoms with Crippen LogP contribution in [0.2, 0.25) is 0 Å². The molecule has 16 heavy (non-hydrogen) atoms. The van der Waals surface area contributed by atoms with E-state index in [2.05, 4.69) is 23.0 Å². The lowest BCUT2D eigenvalue weighted by molar-refractivity contribution is 0.416. The van der Waals surface area contributed by atoms with Gasteiger partial charge in [-0.15, -0.1) is 0 Å². The van der Waals surface area contributed by atoms with E-state index in [4.69, 9.17) is 17.0 Å². The Morgan fingerprint density at radius 2 is 1.94 bits per heavy atom. The number of hydrogen-bond acceptors (Lipinski definition) is 2. The van der Waals surface area contributed by atoms with Crippen LogP contribution < -0.4 is 4.74 Å². The van der Waals surface area contributed by atoms with Crippen LogP contribution in [0.3, 0.4) is 0 Å². The smallest absolute Gasteiger partial charge is 0.175 e. The minimum absolute atomic E-state index is 0.635. The Kier molecular flexibility index (Phi) is 2.83. The summed E-state index contributed by atoms with van der Waals surface area (Å²) in [6.45, 7) is 4.04. The lowest BCUT2D eigenvalue weighted by Gasteiger charge is -2.08. The SMILES string of the molecule is COc1ccc(C)cc1-c1[nH]c(=S)[nH]c1C. The van der Waals surface area contributed by atoms with Crippen molar-refractivity contribution in [2.75, 3.05) is 7.11 Å². The van der Waals surface area contributed by atoms with Crippen molar-refractivity contribution in [3.05, 3.63) is 34.2 Å². The van der Waals surface area contributed by atoms with Crippen LogP contribution in [-0.2, 0) is 0 Å². The molecule has 2 rings (SSSR count). The molecule has 1 heterocycles. The van der Waals surface area contributed by atoms with Gasteiger partial charge in [-0.3, -0.25) is 0 Å². The van der Waals surface area contributed by atoms with E-state index in [1.54, 1.807) is 7.11 Å². The fraction of sp³-hybridized carbons (Fsp3) is 0.250. The van der Waals surface area contributed by atoms with Gasteiger partial charge in [-0.2, -0.15) is 0 Å². The summed E-state index contributed by atoms with van der Waals surface area (Å²) in [7, 11) is 1.67. The average Bonchev–Trinajstić information content (AvgIpc) is 2.57. The van der Waals surface area contributed by atoms with Crippen molar-refractivity contribution in [2.45, 2.75) is 13.8 Å². The van der Waals surface area contributed by atoms with Crippen LogP contribution in [0, 0.1) is 18.6 Å². The maximum Gasteiger partial charge on any atom is 0.175 e. The molecule has 0 bridgehead atoms. The van der Waals surface area contributed by atoms with Crippen LogP contribution in [0.4, 0.5) is 0 Å². The highest BCUT2D eigenvalue weighted by molar-refractivity contribution is 7.71. The number of hydrogen-bond donors (Lipinski definition) is 2. The molecule has 2 aromatic rings. The monoisotopic (exact) mass is 234 g/mol. The van der Waals surface area contributed by atoms with E-state index in [1.165, 1.54) is 5.56 Å². The minimum Gasteiger partial charge on any atom is -0.496 e. The third-order valence-corrected chi connectivity index (χ3v) is 2.74. The van der Waals surface area contributed by atoms with Gasteiger partial charge < -0.3 is 14.7 Å². The standard InChI is InChI=1S/C12H14N2OS/c1-7-4-5-10(15-3)9(6-7)11-8(2)13-12(16)14-11/h4-6H,1-3H3,(H2,13,14,16). The van der Waals surface area contributed by atoms with Gasteiger partial charge in [0.05, 0.1) is 12.8 Å². The number of methoxy groups -OCH3 is 1. The highest BCUT2D eigenvalue weighted by Crippen LogP contribution is 2.31. The predicted octanol–water partition coefficient (Wildman–Crippen LogP) is 3.36. The number of aryl methyl sites for hydroxylation is 2. The maximum atomic E-state index is 5.35. The fourth-order valence-corrected chi connectivity index (χ4v) is 2.01. The van der Waals surface area contributed by atoms with Gasteiger partial charge in [0.25, 0.3) is 0 Å². The number of imidazole rings is 1. The topological polar surface area (TPSA) is 40.8 Å². The largest absolute Gasteiger partial charge is 0.496 e. The van der Waals surface area contributed by atoms with E-state index < -0.39 is 0 Å². The zero-order valence-electron chi connectivity index (χ0n) is 9.55. The van der Waals surface area contributed by atoms with Gasteiger partial charge in [-0.25, -0.2) is 0 Å². The first-order valence-corrected chi connectivity index (χ1v) is 5.46. The van der Waals surface area contributed by atoms with E-state index >= 15 is 0 Å². The summed E-state index contributed by atoms with van der Waals surface area (Å²) in [5.41, 5.74) is 4.24. The fourth-order valence-electron chi connectivity index (χ4n) is 1.76. The second-order valence-electron chi connectivity index (χ2n) is 3.78. The van der Waals surface area contributed by atoms with Crippen molar-refractivity contribution in [3.8, 4) is 17.0 Å². The highest BCUT2D eigenvalue weighted by atomic mass is 32.1. The zero-order chi connectivity index (χ0) is 11.7. The summed E-state index contributed by atoms with van der Waals surface area (Å²) in [5, 5.41) is 0. The van der Waals surface area contributed by atoms with E-state index in [0.29, 0.717) is 4.77 Å². The summed E-state index contributed by atoms with van der Waals surface area (Å²) in [5.74, 6) is 0.846. The third kappa shape index (κ3) is 1.88. The summed E-state index contributed by atoms with van der Waals surface area (Å²) in [4.78, 5) is 6.22. The molecule has 0 saturated carbocycles. The van der Waals surface area contributed by atoms with Gasteiger partial charge >= 0.3 is 0 Å². The van der Waals surface area contributed by atoms with Crippen molar-refractivity contribution >= 4 is 12.2 Å². The Morgan fingerprint density at radius 1 is 1.19 bits per heavy atom. The second-order valence-corrected chi connectivity index (χ2v) is 4.19. The lowest BCUT2D eigenvalue weighted by atomic mass is 10.1. The predicted molar refractivity (Wildman–Crippen MR) is 67.4 cm³/mol. The molecule has 84 valence electrons. The number of benzene rings is 1. The van der Waals surface area contributed by atoms with Crippen molar-refractivity contribution in [1.82, 2.24) is 9.97 Å². The summed E-state index contributed by atoms with van der Waals surface area (Å²) >= 11 is 5.08. The van der Waals surface area contributed by atoms with Gasteiger partial charge in [0.2, 0.25) is 0 Å². The normalized spacial score (nSPS) is 10.4.